The van der Waals surface area contributed by atoms with Crippen LogP contribution in [-0.4, -0.2) is 37.0 Å². The van der Waals surface area contributed by atoms with Crippen LogP contribution >= 0.6 is 0 Å². The Morgan fingerprint density at radius 1 is 0.968 bits per heavy atom. The summed E-state index contributed by atoms with van der Waals surface area (Å²) >= 11 is 0. The van der Waals surface area contributed by atoms with Gasteiger partial charge in [-0.1, -0.05) is 30.7 Å². The van der Waals surface area contributed by atoms with Crippen molar-refractivity contribution in [2.45, 2.75) is 62.8 Å². The Kier molecular flexibility index (Phi) is 6.25. The molecule has 1 N–H and O–H groups in total. The lowest BCUT2D eigenvalue weighted by molar-refractivity contribution is -0.120. The zero-order chi connectivity index (χ0) is 22.0. The molecule has 1 aliphatic carbocycles. The van der Waals surface area contributed by atoms with Crippen LogP contribution in [0, 0.1) is 0 Å². The lowest BCUT2D eigenvalue weighted by atomic mass is 9.90. The number of rotatable bonds is 5. The number of hydrogen-bond donors (Lipinski definition) is 1. The van der Waals surface area contributed by atoms with Crippen molar-refractivity contribution in [2.24, 2.45) is 0 Å². The summed E-state index contributed by atoms with van der Waals surface area (Å²) in [5, 5.41) is 3.03. The first kappa shape index (κ1) is 21.7. The molecule has 2 aromatic rings. The van der Waals surface area contributed by atoms with Crippen molar-refractivity contribution in [2.75, 3.05) is 11.9 Å². The number of Topliss-reactive ketones (excluding diaryl/α,β-unsaturated/α-hetero) is 1. The van der Waals surface area contributed by atoms with Gasteiger partial charge in [0.2, 0.25) is 15.9 Å². The second-order valence-corrected chi connectivity index (χ2v) is 10.2. The highest BCUT2D eigenvalue weighted by atomic mass is 32.2. The van der Waals surface area contributed by atoms with E-state index in [2.05, 4.69) is 11.4 Å². The fraction of sp³-hybridized carbons (Fsp3) is 0.417. The quantitative estimate of drug-likeness (QED) is 0.714. The number of benzene rings is 2. The van der Waals surface area contributed by atoms with Crippen LogP contribution in [0.3, 0.4) is 0 Å². The number of amides is 1. The van der Waals surface area contributed by atoms with Crippen LogP contribution in [0.25, 0.3) is 0 Å². The Hall–Kier alpha value is -2.51. The topological polar surface area (TPSA) is 83.6 Å². The maximum absolute atomic E-state index is 13.3. The number of carbonyl (C=O) groups is 2. The zero-order valence-electron chi connectivity index (χ0n) is 17.8. The van der Waals surface area contributed by atoms with Gasteiger partial charge in [-0.2, -0.15) is 4.31 Å². The van der Waals surface area contributed by atoms with E-state index >= 15 is 0 Å². The Morgan fingerprint density at radius 2 is 1.71 bits per heavy atom. The number of hydrogen-bond acceptors (Lipinski definition) is 4. The summed E-state index contributed by atoms with van der Waals surface area (Å²) in [6, 6.07) is 11.1. The summed E-state index contributed by atoms with van der Waals surface area (Å²) in [7, 11) is -3.85. The lowest BCUT2D eigenvalue weighted by Gasteiger charge is -2.34. The average molecular weight is 441 g/mol. The fourth-order valence-electron chi connectivity index (χ4n) is 4.57. The molecule has 0 spiro atoms. The van der Waals surface area contributed by atoms with Gasteiger partial charge in [-0.05, 0) is 74.8 Å². The van der Waals surface area contributed by atoms with Crippen LogP contribution in [-0.2, 0) is 27.7 Å². The molecule has 0 saturated carbocycles. The second kappa shape index (κ2) is 8.93. The molecule has 1 heterocycles. The molecule has 1 unspecified atom stereocenters. The summed E-state index contributed by atoms with van der Waals surface area (Å²) < 4.78 is 28.0. The van der Waals surface area contributed by atoms with Crippen LogP contribution in [0.4, 0.5) is 5.69 Å². The number of fused-ring (bicyclic) bond motifs is 1. The molecule has 6 nitrogen and oxygen atoms in total. The molecule has 0 aromatic heterocycles. The summed E-state index contributed by atoms with van der Waals surface area (Å²) in [5.74, 6) is -0.395. The number of nitrogens with zero attached hydrogens (tertiary/aromatic N) is 1. The maximum atomic E-state index is 13.3. The van der Waals surface area contributed by atoms with Crippen molar-refractivity contribution in [1.29, 1.82) is 0 Å². The second-order valence-electron chi connectivity index (χ2n) is 8.35. The molecule has 7 heteroatoms. The van der Waals surface area contributed by atoms with Gasteiger partial charge in [0.25, 0.3) is 0 Å². The molecule has 4 rings (SSSR count). The molecule has 164 valence electrons. The van der Waals surface area contributed by atoms with Crippen LogP contribution < -0.4 is 5.32 Å². The fourth-order valence-corrected chi connectivity index (χ4v) is 6.22. The maximum Gasteiger partial charge on any atom is 0.243 e. The van der Waals surface area contributed by atoms with E-state index in [0.29, 0.717) is 18.5 Å². The van der Waals surface area contributed by atoms with Crippen LogP contribution in [0.15, 0.2) is 47.4 Å². The number of carbonyl (C=O) groups excluding carboxylic acids is 2. The third-order valence-electron chi connectivity index (χ3n) is 6.28. The predicted octanol–water partition coefficient (Wildman–Crippen LogP) is 3.95. The van der Waals surface area contributed by atoms with E-state index < -0.39 is 16.1 Å². The van der Waals surface area contributed by atoms with Gasteiger partial charge in [-0.3, -0.25) is 9.59 Å². The summed E-state index contributed by atoms with van der Waals surface area (Å²) in [6.45, 7) is 1.75. The van der Waals surface area contributed by atoms with Gasteiger partial charge >= 0.3 is 0 Å². The third-order valence-corrected chi connectivity index (χ3v) is 8.20. The lowest BCUT2D eigenvalue weighted by Crippen LogP contribution is -2.49. The van der Waals surface area contributed by atoms with Gasteiger partial charge < -0.3 is 5.32 Å². The van der Waals surface area contributed by atoms with Gasteiger partial charge in [0.05, 0.1) is 4.90 Å². The highest BCUT2D eigenvalue weighted by Gasteiger charge is 2.38. The molecule has 1 amide bonds. The van der Waals surface area contributed by atoms with Crippen molar-refractivity contribution < 1.29 is 18.0 Å². The van der Waals surface area contributed by atoms with Crippen LogP contribution in [0.1, 0.15) is 60.5 Å². The first-order valence-electron chi connectivity index (χ1n) is 10.9. The van der Waals surface area contributed by atoms with Gasteiger partial charge in [-0.15, -0.1) is 0 Å². The normalized spacial score (nSPS) is 19.5. The number of piperidine rings is 1. The molecule has 2 aliphatic rings. The van der Waals surface area contributed by atoms with Crippen molar-refractivity contribution >= 4 is 27.4 Å². The van der Waals surface area contributed by atoms with E-state index in [-0.39, 0.29) is 16.6 Å². The zero-order valence-corrected chi connectivity index (χ0v) is 18.6. The molecule has 1 fully saturated rings. The Balaban J connectivity index is 1.58. The minimum absolute atomic E-state index is 0.106. The minimum Gasteiger partial charge on any atom is -0.324 e. The predicted molar refractivity (Wildman–Crippen MR) is 120 cm³/mol. The molecule has 0 bridgehead atoms. The Morgan fingerprint density at radius 3 is 2.45 bits per heavy atom. The summed E-state index contributed by atoms with van der Waals surface area (Å²) in [4.78, 5) is 24.8. The number of anilines is 1. The van der Waals surface area contributed by atoms with Crippen molar-refractivity contribution in [3.05, 3.63) is 59.2 Å². The largest absolute Gasteiger partial charge is 0.324 e. The van der Waals surface area contributed by atoms with Crippen molar-refractivity contribution in [1.82, 2.24) is 4.31 Å². The smallest absolute Gasteiger partial charge is 0.243 e. The van der Waals surface area contributed by atoms with Gasteiger partial charge in [-0.25, -0.2) is 8.42 Å². The van der Waals surface area contributed by atoms with E-state index in [0.717, 1.165) is 44.2 Å². The Labute approximate surface area is 183 Å². The van der Waals surface area contributed by atoms with Gasteiger partial charge in [0.1, 0.15) is 6.04 Å². The van der Waals surface area contributed by atoms with Crippen molar-refractivity contribution in [3.8, 4) is 0 Å². The van der Waals surface area contributed by atoms with E-state index in [9.17, 15) is 18.0 Å². The van der Waals surface area contributed by atoms with Crippen LogP contribution in [0.2, 0.25) is 0 Å². The first-order chi connectivity index (χ1) is 14.9. The van der Waals surface area contributed by atoms with E-state index in [1.807, 2.05) is 12.1 Å². The van der Waals surface area contributed by atoms with E-state index in [1.165, 1.54) is 46.6 Å². The molecule has 1 aliphatic heterocycles. The number of ketones is 1. The first-order valence-corrected chi connectivity index (χ1v) is 12.4. The van der Waals surface area contributed by atoms with Gasteiger partial charge in [0, 0.05) is 17.8 Å². The standard InChI is InChI=1S/C24H28N2O4S/c1-17(27)18-12-14-20(15-13-18)31(29,30)26-16-5-4-11-23(26)24(28)25-22-10-6-8-19-7-2-3-9-21(19)22/h6,8,10,12-15,23H,2-5,7,9,11,16H2,1H3,(H,25,28). The molecule has 0 radical (unpaired) electrons. The minimum atomic E-state index is -3.85. The molecule has 1 saturated heterocycles. The van der Waals surface area contributed by atoms with Gasteiger partial charge in [0.15, 0.2) is 5.78 Å². The van der Waals surface area contributed by atoms with Crippen molar-refractivity contribution in [3.63, 3.8) is 0 Å². The molecular weight excluding hydrogens is 412 g/mol. The SMILES string of the molecule is CC(=O)c1ccc(S(=O)(=O)N2CCCCC2C(=O)Nc2cccc3c2CCCC3)cc1. The third kappa shape index (κ3) is 4.43. The average Bonchev–Trinajstić information content (AvgIpc) is 2.79. The van der Waals surface area contributed by atoms with Crippen LogP contribution in [0.5, 0.6) is 0 Å². The molecule has 1 atom stereocenters. The summed E-state index contributed by atoms with van der Waals surface area (Å²) in [5.41, 5.74) is 3.70. The monoisotopic (exact) mass is 440 g/mol. The number of sulfonamides is 1. The molecule has 31 heavy (non-hydrogen) atoms. The molecule has 2 aromatic carbocycles. The highest BCUT2D eigenvalue weighted by molar-refractivity contribution is 7.89. The van der Waals surface area contributed by atoms with E-state index in [4.69, 9.17) is 0 Å². The highest BCUT2D eigenvalue weighted by Crippen LogP contribution is 2.30. The summed E-state index contributed by atoms with van der Waals surface area (Å²) in [6.07, 6.45) is 6.21. The number of aryl methyl sites for hydroxylation is 1. The number of nitrogens with one attached hydrogen (secondary N) is 1. The Bertz CT molecular complexity index is 1090. The van der Waals surface area contributed by atoms with E-state index in [1.54, 1.807) is 0 Å². The molecular formula is C24H28N2O4S.